The number of fused-ring (bicyclic) bond motifs is 2. The van der Waals surface area contributed by atoms with Crippen molar-refractivity contribution in [1.29, 1.82) is 0 Å². The second kappa shape index (κ2) is 7.36. The molecule has 0 saturated heterocycles. The van der Waals surface area contributed by atoms with Gasteiger partial charge in [0.2, 0.25) is 5.69 Å². The van der Waals surface area contributed by atoms with E-state index in [1.807, 2.05) is 0 Å². The standard InChI is InChI=1S/C25H29I2N2/c1-24(2)16-11-7-9-13-19(16)28(5)21(24)15-18(26)22(27)23-25(3,4)17-12-8-10-14-20(17)29(23)6/h7-15,18,22H,1-6H3/q+1/b21-15-. The van der Waals surface area contributed by atoms with Crippen molar-refractivity contribution in [1.82, 2.24) is 0 Å². The molecular formula is C25H29I2N2+. The fraction of sp³-hybridized carbons (Fsp3) is 0.400. The zero-order valence-corrected chi connectivity index (χ0v) is 22.3. The van der Waals surface area contributed by atoms with Crippen molar-refractivity contribution < 1.29 is 4.58 Å². The van der Waals surface area contributed by atoms with Crippen LogP contribution in [0.1, 0.15) is 38.8 Å². The third-order valence-corrected chi connectivity index (χ3v) is 10.6. The van der Waals surface area contributed by atoms with Gasteiger partial charge in [0.25, 0.3) is 0 Å². The second-order valence-corrected chi connectivity index (χ2v) is 12.0. The average molecular weight is 611 g/mol. The van der Waals surface area contributed by atoms with Crippen molar-refractivity contribution in [3.63, 3.8) is 0 Å². The molecule has 4 heteroatoms. The summed E-state index contributed by atoms with van der Waals surface area (Å²) >= 11 is 5.31. The number of anilines is 1. The number of benzene rings is 2. The molecule has 2 aliphatic heterocycles. The number of hydrogen-bond donors (Lipinski definition) is 0. The molecule has 4 rings (SSSR count). The summed E-state index contributed by atoms with van der Waals surface area (Å²) in [5.74, 6) is 0. The largest absolute Gasteiger partial charge is 0.347 e. The van der Waals surface area contributed by atoms with Crippen LogP contribution in [-0.4, -0.2) is 32.2 Å². The highest BCUT2D eigenvalue weighted by atomic mass is 127. The van der Waals surface area contributed by atoms with E-state index in [4.69, 9.17) is 0 Å². The molecule has 29 heavy (non-hydrogen) atoms. The van der Waals surface area contributed by atoms with Crippen LogP contribution in [0.15, 0.2) is 60.3 Å². The van der Waals surface area contributed by atoms with Crippen LogP contribution in [0.4, 0.5) is 11.4 Å². The van der Waals surface area contributed by atoms with Crippen LogP contribution >= 0.6 is 45.2 Å². The molecule has 0 radical (unpaired) electrons. The zero-order chi connectivity index (χ0) is 21.1. The molecule has 152 valence electrons. The number of para-hydroxylation sites is 2. The lowest BCUT2D eigenvalue weighted by atomic mass is 9.79. The molecule has 0 amide bonds. The summed E-state index contributed by atoms with van der Waals surface area (Å²) in [5.41, 5.74) is 8.48. The van der Waals surface area contributed by atoms with Gasteiger partial charge in [-0.05, 0) is 31.6 Å². The van der Waals surface area contributed by atoms with E-state index in [1.165, 1.54) is 33.9 Å². The van der Waals surface area contributed by atoms with Gasteiger partial charge in [-0.25, -0.2) is 4.58 Å². The summed E-state index contributed by atoms with van der Waals surface area (Å²) in [7, 11) is 4.44. The third-order valence-electron chi connectivity index (χ3n) is 6.74. The first kappa shape index (κ1) is 21.3. The maximum Gasteiger partial charge on any atom is 0.209 e. The molecular weight excluding hydrogens is 582 g/mol. The zero-order valence-electron chi connectivity index (χ0n) is 18.0. The fourth-order valence-electron chi connectivity index (χ4n) is 5.20. The SMILES string of the molecule is CN1/C(=C\C(I)C(I)C2=[N+](C)c3ccccc3C2(C)C)C(C)(C)c2ccccc21. The lowest BCUT2D eigenvalue weighted by Crippen LogP contribution is -2.39. The maximum atomic E-state index is 2.66. The lowest BCUT2D eigenvalue weighted by molar-refractivity contribution is -0.403. The van der Waals surface area contributed by atoms with E-state index in [0.717, 1.165) is 0 Å². The lowest BCUT2D eigenvalue weighted by Gasteiger charge is -2.27. The number of hydrogen-bond acceptors (Lipinski definition) is 1. The van der Waals surface area contributed by atoms with E-state index in [-0.39, 0.29) is 10.8 Å². The van der Waals surface area contributed by atoms with Crippen LogP contribution in [-0.2, 0) is 10.8 Å². The smallest absolute Gasteiger partial charge is 0.209 e. The van der Waals surface area contributed by atoms with Crippen LogP contribution in [0.3, 0.4) is 0 Å². The van der Waals surface area contributed by atoms with Gasteiger partial charge >= 0.3 is 0 Å². The van der Waals surface area contributed by atoms with E-state index < -0.39 is 0 Å². The molecule has 2 aromatic carbocycles. The van der Waals surface area contributed by atoms with Gasteiger partial charge in [-0.3, -0.25) is 0 Å². The molecule has 2 atom stereocenters. The van der Waals surface area contributed by atoms with Gasteiger partial charge in [-0.1, -0.05) is 95.4 Å². The highest BCUT2D eigenvalue weighted by molar-refractivity contribution is 14.1. The molecule has 2 nitrogen and oxygen atoms in total. The van der Waals surface area contributed by atoms with E-state index in [9.17, 15) is 0 Å². The van der Waals surface area contributed by atoms with Gasteiger partial charge in [0, 0.05) is 35.5 Å². The molecule has 0 saturated carbocycles. The second-order valence-electron chi connectivity index (χ2n) is 9.19. The predicted octanol–water partition coefficient (Wildman–Crippen LogP) is 6.61. The first-order chi connectivity index (χ1) is 13.6. The van der Waals surface area contributed by atoms with E-state index in [1.54, 1.807) is 0 Å². The first-order valence-corrected chi connectivity index (χ1v) is 12.6. The molecule has 2 aliphatic rings. The van der Waals surface area contributed by atoms with Crippen LogP contribution in [0.2, 0.25) is 0 Å². The van der Waals surface area contributed by atoms with Gasteiger partial charge in [0.1, 0.15) is 11.0 Å². The monoisotopic (exact) mass is 611 g/mol. The van der Waals surface area contributed by atoms with Gasteiger partial charge in [0.15, 0.2) is 5.71 Å². The molecule has 2 aromatic rings. The minimum absolute atomic E-state index is 0.0237. The number of allylic oxidation sites excluding steroid dienone is 2. The number of halogens is 2. The van der Waals surface area contributed by atoms with Gasteiger partial charge in [-0.15, -0.1) is 0 Å². The normalized spacial score (nSPS) is 22.6. The summed E-state index contributed by atoms with van der Waals surface area (Å²) in [5, 5.41) is 0. The van der Waals surface area contributed by atoms with E-state index >= 15 is 0 Å². The van der Waals surface area contributed by atoms with Gasteiger partial charge in [-0.2, -0.15) is 0 Å². The highest BCUT2D eigenvalue weighted by Gasteiger charge is 2.49. The quantitative estimate of drug-likeness (QED) is 0.215. The molecule has 2 unspecified atom stereocenters. The van der Waals surface area contributed by atoms with Crippen LogP contribution in [0, 0.1) is 0 Å². The Morgan fingerprint density at radius 1 is 0.897 bits per heavy atom. The Balaban J connectivity index is 1.72. The summed E-state index contributed by atoms with van der Waals surface area (Å²) in [6, 6.07) is 17.6. The maximum absolute atomic E-state index is 2.66. The van der Waals surface area contributed by atoms with Crippen LogP contribution < -0.4 is 4.90 Å². The van der Waals surface area contributed by atoms with E-state index in [0.29, 0.717) is 7.85 Å². The summed E-state index contributed by atoms with van der Waals surface area (Å²) in [6.07, 6.45) is 2.50. The Kier molecular flexibility index (Phi) is 5.42. The molecule has 0 fully saturated rings. The number of alkyl halides is 2. The minimum atomic E-state index is 0.0237. The Labute approximate surface area is 202 Å². The Bertz CT molecular complexity index is 1030. The Morgan fingerprint density at radius 2 is 1.48 bits per heavy atom. The Morgan fingerprint density at radius 3 is 2.10 bits per heavy atom. The van der Waals surface area contributed by atoms with Gasteiger partial charge in [0.05, 0.1) is 9.34 Å². The molecule has 0 spiro atoms. The molecule has 0 aliphatic carbocycles. The van der Waals surface area contributed by atoms with Crippen molar-refractivity contribution in [2.45, 2.75) is 46.4 Å². The molecule has 0 aromatic heterocycles. The molecule has 0 bridgehead atoms. The van der Waals surface area contributed by atoms with Gasteiger partial charge < -0.3 is 4.90 Å². The van der Waals surface area contributed by atoms with Crippen LogP contribution in [0.25, 0.3) is 0 Å². The fourth-order valence-corrected chi connectivity index (χ4v) is 7.28. The summed E-state index contributed by atoms with van der Waals surface area (Å²) in [6.45, 7) is 9.44. The Hall–Kier alpha value is -0.890. The summed E-state index contributed by atoms with van der Waals surface area (Å²) < 4.78 is 3.22. The summed E-state index contributed by atoms with van der Waals surface area (Å²) in [4.78, 5) is 2.38. The minimum Gasteiger partial charge on any atom is -0.347 e. The average Bonchev–Trinajstić information content (AvgIpc) is 3.01. The van der Waals surface area contributed by atoms with Crippen molar-refractivity contribution in [2.75, 3.05) is 19.0 Å². The van der Waals surface area contributed by atoms with Crippen molar-refractivity contribution in [3.05, 3.63) is 71.4 Å². The van der Waals surface area contributed by atoms with Crippen LogP contribution in [0.5, 0.6) is 0 Å². The van der Waals surface area contributed by atoms with Crippen molar-refractivity contribution in [3.8, 4) is 0 Å². The number of likely N-dealkylation sites (N-methyl/N-ethyl adjacent to an activating group) is 1. The molecule has 2 heterocycles. The third kappa shape index (κ3) is 3.20. The highest BCUT2D eigenvalue weighted by Crippen LogP contribution is 2.48. The topological polar surface area (TPSA) is 6.25 Å². The van der Waals surface area contributed by atoms with Crippen molar-refractivity contribution >= 4 is 62.3 Å². The van der Waals surface area contributed by atoms with E-state index in [2.05, 4.69) is 151 Å². The molecule has 0 N–H and O–H groups in total. The predicted molar refractivity (Wildman–Crippen MR) is 142 cm³/mol. The van der Waals surface area contributed by atoms with Crippen molar-refractivity contribution in [2.24, 2.45) is 0 Å². The first-order valence-electron chi connectivity index (χ1n) is 10.1. The number of rotatable bonds is 3. The number of nitrogens with zero attached hydrogens (tertiary/aromatic N) is 2.